The normalized spacial score (nSPS) is 14.5. The van der Waals surface area contributed by atoms with Crippen molar-refractivity contribution in [3.05, 3.63) is 81.9 Å². The Morgan fingerprint density at radius 2 is 1.83 bits per heavy atom. The highest BCUT2D eigenvalue weighted by atomic mass is 35.5. The smallest absolute Gasteiger partial charge is 0.311 e. The molecule has 7 heteroatoms. The number of ether oxygens (including phenoxy) is 3. The molecule has 1 unspecified atom stereocenters. The van der Waals surface area contributed by atoms with E-state index in [-0.39, 0.29) is 5.78 Å². The molecule has 36 heavy (non-hydrogen) atoms. The standard InChI is InChI=1S/C29H29ClO6/c1-3-34-22-12-7-19(18(2)15-22)5-4-6-26(31)20-8-10-21(11-9-20)36-28-17-27-24(16-25(28)30)23(29(32)33)13-14-35-27/h7-12,15-17,23H,3-6,13-14H2,1-2H3,(H,32,33). The lowest BCUT2D eigenvalue weighted by Crippen LogP contribution is -2.20. The van der Waals surface area contributed by atoms with Gasteiger partial charge >= 0.3 is 5.97 Å². The first-order chi connectivity index (χ1) is 17.4. The third-order valence-electron chi connectivity index (χ3n) is 6.28. The van der Waals surface area contributed by atoms with Gasteiger partial charge in [-0.15, -0.1) is 0 Å². The van der Waals surface area contributed by atoms with E-state index in [0.717, 1.165) is 18.6 Å². The lowest BCUT2D eigenvalue weighted by Gasteiger charge is -2.24. The summed E-state index contributed by atoms with van der Waals surface area (Å²) in [5, 5.41) is 9.74. The van der Waals surface area contributed by atoms with Crippen molar-refractivity contribution in [1.29, 1.82) is 0 Å². The van der Waals surface area contributed by atoms with E-state index in [1.807, 2.05) is 19.1 Å². The van der Waals surface area contributed by atoms with Gasteiger partial charge in [-0.1, -0.05) is 17.7 Å². The highest BCUT2D eigenvalue weighted by molar-refractivity contribution is 6.32. The monoisotopic (exact) mass is 508 g/mol. The molecule has 3 aromatic carbocycles. The van der Waals surface area contributed by atoms with Crippen LogP contribution in [0, 0.1) is 6.92 Å². The summed E-state index contributed by atoms with van der Waals surface area (Å²) in [6.07, 6.45) is 2.43. The van der Waals surface area contributed by atoms with Gasteiger partial charge < -0.3 is 19.3 Å². The molecule has 0 saturated carbocycles. The van der Waals surface area contributed by atoms with Crippen LogP contribution in [0.3, 0.4) is 0 Å². The summed E-state index contributed by atoms with van der Waals surface area (Å²) < 4.78 is 17.1. The van der Waals surface area contributed by atoms with E-state index >= 15 is 0 Å². The van der Waals surface area contributed by atoms with E-state index < -0.39 is 11.9 Å². The summed E-state index contributed by atoms with van der Waals surface area (Å²) in [6.45, 7) is 4.98. The number of carbonyl (C=O) groups excluding carboxylic acids is 1. The number of carboxylic acid groups (broad SMARTS) is 1. The third kappa shape index (κ3) is 6.00. The van der Waals surface area contributed by atoms with Gasteiger partial charge in [0.15, 0.2) is 5.78 Å². The van der Waals surface area contributed by atoms with Crippen molar-refractivity contribution in [3.63, 3.8) is 0 Å². The van der Waals surface area contributed by atoms with Crippen LogP contribution in [0.1, 0.15) is 59.2 Å². The first kappa shape index (κ1) is 25.6. The molecule has 188 valence electrons. The van der Waals surface area contributed by atoms with E-state index in [2.05, 4.69) is 13.0 Å². The summed E-state index contributed by atoms with van der Waals surface area (Å²) in [5.41, 5.74) is 3.55. The number of benzene rings is 3. The second kappa shape index (κ2) is 11.5. The quantitative estimate of drug-likeness (QED) is 0.297. The average Bonchev–Trinajstić information content (AvgIpc) is 2.86. The molecule has 1 aliphatic rings. The number of aliphatic carboxylic acids is 1. The summed E-state index contributed by atoms with van der Waals surface area (Å²) in [6, 6.07) is 16.2. The Hall–Kier alpha value is -3.51. The van der Waals surface area contributed by atoms with Crippen molar-refractivity contribution in [2.24, 2.45) is 0 Å². The van der Waals surface area contributed by atoms with Crippen LogP contribution in [0.4, 0.5) is 0 Å². The van der Waals surface area contributed by atoms with Gasteiger partial charge in [-0.25, -0.2) is 0 Å². The Morgan fingerprint density at radius 3 is 2.53 bits per heavy atom. The van der Waals surface area contributed by atoms with Gasteiger partial charge in [-0.05, 0) is 86.7 Å². The molecule has 0 radical (unpaired) electrons. The summed E-state index contributed by atoms with van der Waals surface area (Å²) in [7, 11) is 0. The first-order valence-electron chi connectivity index (χ1n) is 12.1. The van der Waals surface area contributed by atoms with Crippen molar-refractivity contribution < 1.29 is 28.9 Å². The molecule has 1 atom stereocenters. The maximum absolute atomic E-state index is 12.7. The van der Waals surface area contributed by atoms with E-state index in [4.69, 9.17) is 25.8 Å². The molecular formula is C29H29ClO6. The Kier molecular flexibility index (Phi) is 8.16. The largest absolute Gasteiger partial charge is 0.494 e. The first-order valence-corrected chi connectivity index (χ1v) is 12.5. The number of aryl methyl sites for hydroxylation is 2. The van der Waals surface area contributed by atoms with Crippen LogP contribution in [0.5, 0.6) is 23.0 Å². The van der Waals surface area contributed by atoms with Crippen LogP contribution < -0.4 is 14.2 Å². The fourth-order valence-electron chi connectivity index (χ4n) is 4.35. The maximum atomic E-state index is 12.7. The van der Waals surface area contributed by atoms with Crippen molar-refractivity contribution in [2.45, 2.75) is 45.4 Å². The van der Waals surface area contributed by atoms with Gasteiger partial charge in [0.05, 0.1) is 24.2 Å². The fourth-order valence-corrected chi connectivity index (χ4v) is 4.56. The topological polar surface area (TPSA) is 82.1 Å². The molecule has 0 aromatic heterocycles. The molecule has 0 spiro atoms. The van der Waals surface area contributed by atoms with Crippen LogP contribution in [0.25, 0.3) is 0 Å². The lowest BCUT2D eigenvalue weighted by atomic mass is 9.93. The van der Waals surface area contributed by atoms with Gasteiger partial charge in [0.2, 0.25) is 0 Å². The van der Waals surface area contributed by atoms with Gasteiger partial charge in [-0.3, -0.25) is 9.59 Å². The predicted molar refractivity (Wildman–Crippen MR) is 138 cm³/mol. The van der Waals surface area contributed by atoms with E-state index in [9.17, 15) is 14.7 Å². The minimum Gasteiger partial charge on any atom is -0.494 e. The van der Waals surface area contributed by atoms with E-state index in [1.54, 1.807) is 36.4 Å². The fraction of sp³-hybridized carbons (Fsp3) is 0.310. The Balaban J connectivity index is 1.35. The lowest BCUT2D eigenvalue weighted by molar-refractivity contribution is -0.139. The summed E-state index contributed by atoms with van der Waals surface area (Å²) >= 11 is 6.37. The molecule has 0 aliphatic carbocycles. The molecule has 0 saturated heterocycles. The SMILES string of the molecule is CCOc1ccc(CCCC(=O)c2ccc(Oc3cc4c(cc3Cl)C(C(=O)O)CCO4)cc2)c(C)c1. The number of Topliss-reactive ketones (excluding diaryl/α,β-unsaturated/α-hetero) is 1. The number of rotatable bonds is 10. The number of fused-ring (bicyclic) bond motifs is 1. The zero-order valence-electron chi connectivity index (χ0n) is 20.4. The highest BCUT2D eigenvalue weighted by Crippen LogP contribution is 2.41. The Bertz CT molecular complexity index is 1250. The van der Waals surface area contributed by atoms with Gasteiger partial charge in [0.1, 0.15) is 23.0 Å². The third-order valence-corrected chi connectivity index (χ3v) is 6.58. The van der Waals surface area contributed by atoms with E-state index in [1.165, 1.54) is 11.1 Å². The van der Waals surface area contributed by atoms with Gasteiger partial charge in [-0.2, -0.15) is 0 Å². The summed E-state index contributed by atoms with van der Waals surface area (Å²) in [5.74, 6) is 0.733. The van der Waals surface area contributed by atoms with Crippen LogP contribution in [-0.4, -0.2) is 30.1 Å². The van der Waals surface area contributed by atoms with Gasteiger partial charge in [0, 0.05) is 23.6 Å². The molecular weight excluding hydrogens is 480 g/mol. The Morgan fingerprint density at radius 1 is 1.08 bits per heavy atom. The zero-order valence-corrected chi connectivity index (χ0v) is 21.1. The number of hydrogen-bond donors (Lipinski definition) is 1. The van der Waals surface area contributed by atoms with Crippen LogP contribution in [0.2, 0.25) is 5.02 Å². The zero-order chi connectivity index (χ0) is 25.7. The highest BCUT2D eigenvalue weighted by Gasteiger charge is 2.29. The minimum absolute atomic E-state index is 0.0741. The molecule has 6 nitrogen and oxygen atoms in total. The van der Waals surface area contributed by atoms with Crippen LogP contribution in [0.15, 0.2) is 54.6 Å². The molecule has 3 aromatic rings. The van der Waals surface area contributed by atoms with Gasteiger partial charge in [0.25, 0.3) is 0 Å². The van der Waals surface area contributed by atoms with Crippen molar-refractivity contribution in [3.8, 4) is 23.0 Å². The molecule has 1 N–H and O–H groups in total. The predicted octanol–water partition coefficient (Wildman–Crippen LogP) is 7.00. The van der Waals surface area contributed by atoms with Crippen molar-refractivity contribution in [1.82, 2.24) is 0 Å². The molecule has 1 heterocycles. The number of halogens is 1. The number of carbonyl (C=O) groups is 2. The molecule has 1 aliphatic heterocycles. The van der Waals surface area contributed by atoms with Crippen molar-refractivity contribution in [2.75, 3.05) is 13.2 Å². The average molecular weight is 509 g/mol. The number of hydrogen-bond acceptors (Lipinski definition) is 5. The second-order valence-electron chi connectivity index (χ2n) is 8.77. The van der Waals surface area contributed by atoms with Crippen LogP contribution in [-0.2, 0) is 11.2 Å². The number of ketones is 1. The minimum atomic E-state index is -0.904. The van der Waals surface area contributed by atoms with Crippen molar-refractivity contribution >= 4 is 23.4 Å². The summed E-state index contributed by atoms with van der Waals surface area (Å²) in [4.78, 5) is 24.2. The molecule has 0 bridgehead atoms. The second-order valence-corrected chi connectivity index (χ2v) is 9.18. The molecule has 0 amide bonds. The van der Waals surface area contributed by atoms with Crippen LogP contribution >= 0.6 is 11.6 Å². The molecule has 4 rings (SSSR count). The number of carboxylic acids is 1. The van der Waals surface area contributed by atoms with E-state index in [0.29, 0.717) is 59.5 Å². The maximum Gasteiger partial charge on any atom is 0.311 e. The molecule has 0 fully saturated rings. The Labute approximate surface area is 215 Å².